The van der Waals surface area contributed by atoms with Gasteiger partial charge in [-0.15, -0.1) is 0 Å². The number of hydrogen-bond acceptors (Lipinski definition) is 5. The minimum atomic E-state index is -0.687. The number of fused-ring (bicyclic) bond motifs is 1. The van der Waals surface area contributed by atoms with E-state index in [0.29, 0.717) is 5.56 Å². The summed E-state index contributed by atoms with van der Waals surface area (Å²) in [5.41, 5.74) is 0.933. The van der Waals surface area contributed by atoms with Crippen molar-refractivity contribution in [1.29, 1.82) is 5.26 Å². The van der Waals surface area contributed by atoms with E-state index in [0.717, 1.165) is 22.6 Å². The molecular weight excluding hydrogens is 284 g/mol. The molecule has 1 aliphatic rings. The molecule has 2 amide bonds. The molecule has 0 spiro atoms. The molecule has 0 aliphatic carbocycles. The van der Waals surface area contributed by atoms with Gasteiger partial charge in [0.15, 0.2) is 11.5 Å². The number of nitrogens with zero attached hydrogens (tertiary/aromatic N) is 2. The second-order valence-electron chi connectivity index (χ2n) is 4.85. The van der Waals surface area contributed by atoms with E-state index in [4.69, 9.17) is 5.26 Å². The molecule has 0 radical (unpaired) electrons. The first-order valence-electron chi connectivity index (χ1n) is 6.43. The summed E-state index contributed by atoms with van der Waals surface area (Å²) < 4.78 is 0. The summed E-state index contributed by atoms with van der Waals surface area (Å²) >= 11 is 0. The highest BCUT2D eigenvalue weighted by Gasteiger charge is 2.33. The van der Waals surface area contributed by atoms with Gasteiger partial charge in [0.05, 0.1) is 17.7 Å². The van der Waals surface area contributed by atoms with Gasteiger partial charge in [0.2, 0.25) is 0 Å². The fourth-order valence-corrected chi connectivity index (χ4v) is 2.41. The van der Waals surface area contributed by atoms with Crippen molar-refractivity contribution >= 4 is 11.8 Å². The maximum Gasteiger partial charge on any atom is 0.262 e. The van der Waals surface area contributed by atoms with Gasteiger partial charge in [-0.05, 0) is 17.7 Å². The van der Waals surface area contributed by atoms with E-state index in [1.54, 1.807) is 30.3 Å². The predicted octanol–water partition coefficient (Wildman–Crippen LogP) is 1.77. The Hall–Kier alpha value is -3.33. The quantitative estimate of drug-likeness (QED) is 0.616. The number of imide groups is 1. The zero-order valence-corrected chi connectivity index (χ0v) is 11.3. The summed E-state index contributed by atoms with van der Waals surface area (Å²) in [6.45, 7) is 0.111. The van der Waals surface area contributed by atoms with Gasteiger partial charge in [0.25, 0.3) is 11.8 Å². The molecule has 2 N–H and O–H groups in total. The molecule has 108 valence electrons. The maximum atomic E-state index is 12.5. The number of aromatic hydroxyl groups is 2. The Kier molecular flexibility index (Phi) is 3.04. The molecule has 0 fully saturated rings. The zero-order valence-electron chi connectivity index (χ0n) is 11.3. The zero-order chi connectivity index (χ0) is 15.9. The Morgan fingerprint density at radius 3 is 2.55 bits per heavy atom. The third-order valence-electron chi connectivity index (χ3n) is 3.53. The summed E-state index contributed by atoms with van der Waals surface area (Å²) in [5, 5.41) is 28.0. The lowest BCUT2D eigenvalue weighted by molar-refractivity contribution is 0.0630. The third-order valence-corrected chi connectivity index (χ3v) is 3.53. The third kappa shape index (κ3) is 1.96. The minimum Gasteiger partial charge on any atom is -0.504 e. The predicted molar refractivity (Wildman–Crippen MR) is 75.1 cm³/mol. The smallest absolute Gasteiger partial charge is 0.262 e. The van der Waals surface area contributed by atoms with E-state index >= 15 is 0 Å². The van der Waals surface area contributed by atoms with Crippen LogP contribution in [0.1, 0.15) is 31.8 Å². The standard InChI is InChI=1S/C16H10N2O4/c17-7-10-5-13(19)14(20)6-12(10)16(22)18-8-9-3-1-2-4-11(9)15(18)21/h1-6,19-20H,8H2. The van der Waals surface area contributed by atoms with Crippen molar-refractivity contribution in [1.82, 2.24) is 4.90 Å². The minimum absolute atomic E-state index is 0.107. The molecule has 1 aliphatic heterocycles. The van der Waals surface area contributed by atoms with Crippen molar-refractivity contribution in [3.8, 4) is 17.6 Å². The van der Waals surface area contributed by atoms with Crippen LogP contribution >= 0.6 is 0 Å². The highest BCUT2D eigenvalue weighted by molar-refractivity contribution is 6.13. The highest BCUT2D eigenvalue weighted by atomic mass is 16.3. The van der Waals surface area contributed by atoms with Crippen LogP contribution in [-0.4, -0.2) is 26.9 Å². The van der Waals surface area contributed by atoms with Gasteiger partial charge >= 0.3 is 0 Å². The average molecular weight is 294 g/mol. The van der Waals surface area contributed by atoms with Crippen LogP contribution in [0.2, 0.25) is 0 Å². The summed E-state index contributed by atoms with van der Waals surface area (Å²) in [7, 11) is 0. The molecule has 22 heavy (non-hydrogen) atoms. The molecule has 6 nitrogen and oxygen atoms in total. The van der Waals surface area contributed by atoms with Crippen molar-refractivity contribution in [2.24, 2.45) is 0 Å². The lowest BCUT2D eigenvalue weighted by Crippen LogP contribution is -2.31. The number of carbonyl (C=O) groups is 2. The number of carbonyl (C=O) groups excluding carboxylic acids is 2. The molecule has 6 heteroatoms. The summed E-state index contributed by atoms with van der Waals surface area (Å²) in [6.07, 6.45) is 0. The second-order valence-corrected chi connectivity index (χ2v) is 4.85. The van der Waals surface area contributed by atoms with E-state index in [-0.39, 0.29) is 17.7 Å². The molecular formula is C16H10N2O4. The van der Waals surface area contributed by atoms with Gasteiger partial charge in [-0.1, -0.05) is 18.2 Å². The van der Waals surface area contributed by atoms with Gasteiger partial charge in [-0.25, -0.2) is 0 Å². The molecule has 0 atom stereocenters. The van der Waals surface area contributed by atoms with Crippen LogP contribution in [0.5, 0.6) is 11.5 Å². The fourth-order valence-electron chi connectivity index (χ4n) is 2.41. The van der Waals surface area contributed by atoms with Crippen LogP contribution in [0, 0.1) is 11.3 Å². The molecule has 0 saturated heterocycles. The Morgan fingerprint density at radius 1 is 1.18 bits per heavy atom. The Labute approximate surface area is 125 Å². The highest BCUT2D eigenvalue weighted by Crippen LogP contribution is 2.31. The first kappa shape index (κ1) is 13.6. The molecule has 3 rings (SSSR count). The molecule has 2 aromatic rings. The van der Waals surface area contributed by atoms with E-state index < -0.39 is 23.3 Å². The van der Waals surface area contributed by atoms with Crippen LogP contribution in [-0.2, 0) is 6.54 Å². The Balaban J connectivity index is 2.02. The SMILES string of the molecule is N#Cc1cc(O)c(O)cc1C(=O)N1Cc2ccccc2C1=O. The van der Waals surface area contributed by atoms with Crippen molar-refractivity contribution in [2.75, 3.05) is 0 Å². The second kappa shape index (κ2) is 4.90. The van der Waals surface area contributed by atoms with Crippen LogP contribution < -0.4 is 0 Å². The van der Waals surface area contributed by atoms with Gasteiger partial charge in [-0.2, -0.15) is 5.26 Å². The number of phenolic OH excluding ortho intramolecular Hbond substituents is 2. The first-order valence-corrected chi connectivity index (χ1v) is 6.43. The molecule has 2 aromatic carbocycles. The van der Waals surface area contributed by atoms with Gasteiger partial charge in [0.1, 0.15) is 6.07 Å². The number of nitriles is 1. The number of hydrogen-bond donors (Lipinski definition) is 2. The van der Waals surface area contributed by atoms with Crippen LogP contribution in [0.25, 0.3) is 0 Å². The average Bonchev–Trinajstić information content (AvgIpc) is 2.86. The van der Waals surface area contributed by atoms with Crippen LogP contribution in [0.4, 0.5) is 0 Å². The van der Waals surface area contributed by atoms with Gasteiger partial charge in [0, 0.05) is 11.6 Å². The summed E-state index contributed by atoms with van der Waals surface area (Å²) in [6, 6.07) is 10.6. The van der Waals surface area contributed by atoms with Crippen LogP contribution in [0.15, 0.2) is 36.4 Å². The fraction of sp³-hybridized carbons (Fsp3) is 0.0625. The van der Waals surface area contributed by atoms with E-state index in [1.807, 2.05) is 0 Å². The summed E-state index contributed by atoms with van der Waals surface area (Å²) in [4.78, 5) is 25.8. The number of rotatable bonds is 1. The van der Waals surface area contributed by atoms with Crippen LogP contribution in [0.3, 0.4) is 0 Å². The number of amides is 2. The van der Waals surface area contributed by atoms with Crippen molar-refractivity contribution in [3.63, 3.8) is 0 Å². The number of phenols is 2. The van der Waals surface area contributed by atoms with Gasteiger partial charge < -0.3 is 10.2 Å². The molecule has 1 heterocycles. The Morgan fingerprint density at radius 2 is 1.86 bits per heavy atom. The van der Waals surface area contributed by atoms with Crippen molar-refractivity contribution in [2.45, 2.75) is 6.54 Å². The molecule has 0 saturated carbocycles. The molecule has 0 aromatic heterocycles. The first-order chi connectivity index (χ1) is 10.5. The van der Waals surface area contributed by atoms with E-state index in [1.165, 1.54) is 0 Å². The topological polar surface area (TPSA) is 102 Å². The van der Waals surface area contributed by atoms with Crippen molar-refractivity contribution in [3.05, 3.63) is 58.7 Å². The van der Waals surface area contributed by atoms with Crippen molar-refractivity contribution < 1.29 is 19.8 Å². The van der Waals surface area contributed by atoms with E-state index in [2.05, 4.69) is 0 Å². The molecule has 0 bridgehead atoms. The van der Waals surface area contributed by atoms with Gasteiger partial charge in [-0.3, -0.25) is 14.5 Å². The normalized spacial score (nSPS) is 12.9. The Bertz CT molecular complexity index is 852. The summed E-state index contributed by atoms with van der Waals surface area (Å²) in [5.74, 6) is -2.15. The largest absolute Gasteiger partial charge is 0.504 e. The number of benzene rings is 2. The lowest BCUT2D eigenvalue weighted by Gasteiger charge is -2.15. The monoisotopic (exact) mass is 294 g/mol. The molecule has 0 unspecified atom stereocenters. The lowest BCUT2D eigenvalue weighted by atomic mass is 10.1. The van der Waals surface area contributed by atoms with E-state index in [9.17, 15) is 19.8 Å². The maximum absolute atomic E-state index is 12.5.